The van der Waals surface area contributed by atoms with Crippen LogP contribution >= 0.6 is 11.6 Å². The number of imidazole rings is 1. The molecule has 132 valence electrons. The molecular formula is C20H20ClN5. The maximum atomic E-state index is 9.01. The molecular weight excluding hydrogens is 346 g/mol. The molecule has 0 spiro atoms. The Bertz CT molecular complexity index is 950. The van der Waals surface area contributed by atoms with Gasteiger partial charge in [0.15, 0.2) is 5.65 Å². The Kier molecular flexibility index (Phi) is 4.77. The number of halogens is 1. The van der Waals surface area contributed by atoms with E-state index in [9.17, 15) is 0 Å². The number of nitriles is 1. The van der Waals surface area contributed by atoms with E-state index >= 15 is 0 Å². The van der Waals surface area contributed by atoms with Crippen molar-refractivity contribution < 1.29 is 0 Å². The minimum atomic E-state index is 0.243. The lowest BCUT2D eigenvalue weighted by Crippen LogP contribution is -2.21. The lowest BCUT2D eigenvalue weighted by Gasteiger charge is -2.25. The van der Waals surface area contributed by atoms with Gasteiger partial charge in [-0.05, 0) is 55.9 Å². The van der Waals surface area contributed by atoms with Gasteiger partial charge >= 0.3 is 0 Å². The Morgan fingerprint density at radius 2 is 2.04 bits per heavy atom. The summed E-state index contributed by atoms with van der Waals surface area (Å²) < 4.78 is 1.85. The summed E-state index contributed by atoms with van der Waals surface area (Å²) in [5, 5.41) is 17.9. The topological polar surface area (TPSA) is 66.0 Å². The van der Waals surface area contributed by atoms with E-state index in [1.165, 1.54) is 0 Å². The van der Waals surface area contributed by atoms with Crippen LogP contribution in [0.2, 0.25) is 5.02 Å². The predicted molar refractivity (Wildman–Crippen MR) is 103 cm³/mol. The highest BCUT2D eigenvalue weighted by atomic mass is 35.5. The van der Waals surface area contributed by atoms with Crippen LogP contribution in [0.3, 0.4) is 0 Å². The fourth-order valence-corrected chi connectivity index (χ4v) is 3.75. The van der Waals surface area contributed by atoms with Crippen LogP contribution < -0.4 is 5.32 Å². The van der Waals surface area contributed by atoms with E-state index in [0.29, 0.717) is 10.9 Å². The molecule has 0 aliphatic heterocycles. The Balaban J connectivity index is 1.51. The second-order valence-corrected chi connectivity index (χ2v) is 7.31. The third-order valence-electron chi connectivity index (χ3n) is 5.08. The summed E-state index contributed by atoms with van der Waals surface area (Å²) in [6, 6.07) is 14.0. The highest BCUT2D eigenvalue weighted by Crippen LogP contribution is 2.28. The summed E-state index contributed by atoms with van der Waals surface area (Å²) in [6.07, 6.45) is 6.05. The van der Waals surface area contributed by atoms with Crippen molar-refractivity contribution in [3.05, 3.63) is 47.6 Å². The summed E-state index contributed by atoms with van der Waals surface area (Å²) in [5.74, 6) is 1.68. The number of aromatic nitrogens is 3. The van der Waals surface area contributed by atoms with E-state index in [4.69, 9.17) is 22.0 Å². The van der Waals surface area contributed by atoms with Crippen molar-refractivity contribution in [1.29, 1.82) is 5.26 Å². The fourth-order valence-electron chi connectivity index (χ4n) is 3.56. The average Bonchev–Trinajstić information content (AvgIpc) is 3.10. The molecule has 0 saturated heterocycles. The third-order valence-corrected chi connectivity index (χ3v) is 5.32. The number of benzene rings is 1. The SMILES string of the molecule is N#CC1CCC(CNc2ccc3ncc(-c4cccc(Cl)c4)n3n2)CC1. The van der Waals surface area contributed by atoms with Gasteiger partial charge in [0.1, 0.15) is 5.82 Å². The van der Waals surface area contributed by atoms with Gasteiger partial charge in [0.2, 0.25) is 0 Å². The normalized spacial score (nSPS) is 20.0. The van der Waals surface area contributed by atoms with E-state index in [2.05, 4.69) is 16.4 Å². The smallest absolute Gasteiger partial charge is 0.154 e. The zero-order chi connectivity index (χ0) is 17.9. The Morgan fingerprint density at radius 3 is 2.81 bits per heavy atom. The van der Waals surface area contributed by atoms with E-state index in [1.54, 1.807) is 0 Å². The molecule has 1 saturated carbocycles. The van der Waals surface area contributed by atoms with E-state index in [0.717, 1.165) is 55.0 Å². The molecule has 0 radical (unpaired) electrons. The lowest BCUT2D eigenvalue weighted by atomic mass is 9.83. The molecule has 4 rings (SSSR count). The molecule has 1 aromatic carbocycles. The van der Waals surface area contributed by atoms with Gasteiger partial charge in [0.05, 0.1) is 18.0 Å². The van der Waals surface area contributed by atoms with Crippen LogP contribution in [0.5, 0.6) is 0 Å². The van der Waals surface area contributed by atoms with Gasteiger partial charge in [-0.25, -0.2) is 9.50 Å². The maximum absolute atomic E-state index is 9.01. The van der Waals surface area contributed by atoms with Crippen LogP contribution in [-0.2, 0) is 0 Å². The summed E-state index contributed by atoms with van der Waals surface area (Å²) in [5.41, 5.74) is 2.71. The minimum Gasteiger partial charge on any atom is -0.368 e. The van der Waals surface area contributed by atoms with Gasteiger partial charge in [0, 0.05) is 23.0 Å². The van der Waals surface area contributed by atoms with Crippen LogP contribution in [0.4, 0.5) is 5.82 Å². The number of anilines is 1. The van der Waals surface area contributed by atoms with E-state index in [1.807, 2.05) is 47.1 Å². The van der Waals surface area contributed by atoms with Gasteiger partial charge in [-0.2, -0.15) is 5.26 Å². The number of nitrogens with one attached hydrogen (secondary N) is 1. The van der Waals surface area contributed by atoms with Crippen molar-refractivity contribution in [3.63, 3.8) is 0 Å². The number of hydrogen-bond donors (Lipinski definition) is 1. The van der Waals surface area contributed by atoms with Crippen molar-refractivity contribution >= 4 is 23.1 Å². The molecule has 2 heterocycles. The molecule has 2 aromatic heterocycles. The first kappa shape index (κ1) is 16.9. The van der Waals surface area contributed by atoms with Crippen LogP contribution in [0, 0.1) is 23.2 Å². The number of hydrogen-bond acceptors (Lipinski definition) is 4. The van der Waals surface area contributed by atoms with Gasteiger partial charge in [-0.3, -0.25) is 0 Å². The number of fused-ring (bicyclic) bond motifs is 1. The Labute approximate surface area is 157 Å². The monoisotopic (exact) mass is 365 g/mol. The molecule has 6 heteroatoms. The van der Waals surface area contributed by atoms with Crippen molar-refractivity contribution in [2.75, 3.05) is 11.9 Å². The van der Waals surface area contributed by atoms with Gasteiger partial charge in [-0.1, -0.05) is 23.7 Å². The predicted octanol–water partition coefficient (Wildman–Crippen LogP) is 4.79. The summed E-state index contributed by atoms with van der Waals surface area (Å²) in [7, 11) is 0. The minimum absolute atomic E-state index is 0.243. The summed E-state index contributed by atoms with van der Waals surface area (Å²) >= 11 is 6.12. The Morgan fingerprint density at radius 1 is 1.19 bits per heavy atom. The molecule has 0 unspecified atom stereocenters. The van der Waals surface area contributed by atoms with E-state index < -0.39 is 0 Å². The quantitative estimate of drug-likeness (QED) is 0.721. The zero-order valence-electron chi connectivity index (χ0n) is 14.4. The standard InChI is InChI=1S/C20H20ClN5/c21-17-3-1-2-16(10-17)18-13-24-20-9-8-19(25-26(18)20)23-12-15-6-4-14(11-22)5-7-15/h1-3,8-10,13-15H,4-7,12H2,(H,23,25). The van der Waals surface area contributed by atoms with Crippen LogP contribution in [0.15, 0.2) is 42.6 Å². The fraction of sp³-hybridized carbons (Fsp3) is 0.350. The molecule has 0 bridgehead atoms. The highest BCUT2D eigenvalue weighted by molar-refractivity contribution is 6.30. The molecule has 3 aromatic rings. The van der Waals surface area contributed by atoms with Crippen LogP contribution in [0.1, 0.15) is 25.7 Å². The first-order valence-electron chi connectivity index (χ1n) is 8.97. The maximum Gasteiger partial charge on any atom is 0.154 e. The largest absolute Gasteiger partial charge is 0.368 e. The van der Waals surface area contributed by atoms with Crippen molar-refractivity contribution in [2.45, 2.75) is 25.7 Å². The molecule has 5 nitrogen and oxygen atoms in total. The third kappa shape index (κ3) is 3.51. The van der Waals surface area contributed by atoms with Crippen LogP contribution in [-0.4, -0.2) is 21.1 Å². The van der Waals surface area contributed by atoms with Crippen LogP contribution in [0.25, 0.3) is 16.9 Å². The van der Waals surface area contributed by atoms with Gasteiger partial charge in [-0.15, -0.1) is 5.10 Å². The first-order chi connectivity index (χ1) is 12.7. The summed E-state index contributed by atoms with van der Waals surface area (Å²) in [4.78, 5) is 4.43. The number of rotatable bonds is 4. The van der Waals surface area contributed by atoms with Crippen molar-refractivity contribution in [1.82, 2.24) is 14.6 Å². The Hall–Kier alpha value is -2.58. The molecule has 0 amide bonds. The lowest BCUT2D eigenvalue weighted by molar-refractivity contribution is 0.327. The number of nitrogens with zero attached hydrogens (tertiary/aromatic N) is 4. The molecule has 1 N–H and O–H groups in total. The first-order valence-corrected chi connectivity index (χ1v) is 9.35. The second kappa shape index (κ2) is 7.35. The molecule has 26 heavy (non-hydrogen) atoms. The second-order valence-electron chi connectivity index (χ2n) is 6.87. The van der Waals surface area contributed by atoms with Crippen molar-refractivity contribution in [2.24, 2.45) is 11.8 Å². The molecule has 0 atom stereocenters. The molecule has 1 aliphatic carbocycles. The molecule has 1 aliphatic rings. The zero-order valence-corrected chi connectivity index (χ0v) is 15.2. The van der Waals surface area contributed by atoms with Crippen molar-refractivity contribution in [3.8, 4) is 17.3 Å². The van der Waals surface area contributed by atoms with Gasteiger partial charge < -0.3 is 5.32 Å². The average molecular weight is 366 g/mol. The summed E-state index contributed by atoms with van der Waals surface area (Å²) in [6.45, 7) is 0.887. The van der Waals surface area contributed by atoms with Gasteiger partial charge in [0.25, 0.3) is 0 Å². The molecule has 1 fully saturated rings. The highest BCUT2D eigenvalue weighted by Gasteiger charge is 2.20. The van der Waals surface area contributed by atoms with E-state index in [-0.39, 0.29) is 5.92 Å².